The van der Waals surface area contributed by atoms with Gasteiger partial charge in [-0.2, -0.15) is 0 Å². The van der Waals surface area contributed by atoms with Crippen molar-refractivity contribution in [2.45, 2.75) is 44.2 Å². The van der Waals surface area contributed by atoms with E-state index < -0.39 is 30.4 Å². The lowest BCUT2D eigenvalue weighted by Crippen LogP contribution is -2.35. The Bertz CT molecular complexity index is 744. The number of rotatable bonds is 1. The summed E-state index contributed by atoms with van der Waals surface area (Å²) in [5.74, 6) is -0.957. The van der Waals surface area contributed by atoms with Crippen molar-refractivity contribution >= 4 is 23.6 Å². The number of cyclic esters (lactones) is 1. The van der Waals surface area contributed by atoms with Gasteiger partial charge in [0.25, 0.3) is 0 Å². The van der Waals surface area contributed by atoms with Gasteiger partial charge in [0.1, 0.15) is 35.4 Å². The molecule has 0 aliphatic carbocycles. The number of esters is 1. The van der Waals surface area contributed by atoms with Gasteiger partial charge in [0.15, 0.2) is 0 Å². The molecule has 0 amide bonds. The quantitative estimate of drug-likeness (QED) is 0.422. The normalized spacial score (nSPS) is 29.2. The number of hydrogen-bond acceptors (Lipinski definition) is 7. The Hall–Kier alpha value is -2.06. The molecule has 1 aromatic carbocycles. The van der Waals surface area contributed by atoms with Gasteiger partial charge in [0.05, 0.1) is 18.2 Å². The van der Waals surface area contributed by atoms with Crippen molar-refractivity contribution in [2.24, 2.45) is 0 Å². The summed E-state index contributed by atoms with van der Waals surface area (Å²) in [6.45, 7) is 1.64. The van der Waals surface area contributed by atoms with E-state index in [1.165, 1.54) is 31.4 Å². The SMILES string of the molecule is COc1cc(O)c2c(c1Cl)/C=C/C[C@H](O)[C@H](O)C(O)/C=C\C[C@H](C)OC2=O. The predicted octanol–water partition coefficient (Wildman–Crippen LogP) is 2.05. The molecule has 0 saturated carbocycles. The number of hydrogen-bond donors (Lipinski definition) is 4. The van der Waals surface area contributed by atoms with E-state index in [1.54, 1.807) is 13.0 Å². The molecule has 0 radical (unpaired) electrons. The van der Waals surface area contributed by atoms with E-state index in [0.29, 0.717) is 0 Å². The first-order chi connectivity index (χ1) is 12.8. The number of phenols is 1. The van der Waals surface area contributed by atoms with E-state index >= 15 is 0 Å². The molecule has 1 heterocycles. The second kappa shape index (κ2) is 9.23. The van der Waals surface area contributed by atoms with Crippen molar-refractivity contribution in [3.63, 3.8) is 0 Å². The van der Waals surface area contributed by atoms with Crippen LogP contribution in [0.4, 0.5) is 0 Å². The number of methoxy groups -OCH3 is 1. The summed E-state index contributed by atoms with van der Waals surface area (Å²) >= 11 is 6.28. The molecule has 27 heavy (non-hydrogen) atoms. The van der Waals surface area contributed by atoms with Crippen LogP contribution in [0.1, 0.15) is 35.7 Å². The highest BCUT2D eigenvalue weighted by Gasteiger charge is 2.25. The van der Waals surface area contributed by atoms with E-state index in [4.69, 9.17) is 21.1 Å². The monoisotopic (exact) mass is 398 g/mol. The van der Waals surface area contributed by atoms with Crippen molar-refractivity contribution in [1.82, 2.24) is 0 Å². The fourth-order valence-electron chi connectivity index (χ4n) is 2.67. The number of aliphatic hydroxyl groups excluding tert-OH is 3. The van der Waals surface area contributed by atoms with E-state index in [2.05, 4.69) is 0 Å². The average molecular weight is 399 g/mol. The second-order valence-corrected chi connectivity index (χ2v) is 6.64. The third-order valence-electron chi connectivity index (χ3n) is 4.19. The summed E-state index contributed by atoms with van der Waals surface area (Å²) in [4.78, 5) is 12.6. The van der Waals surface area contributed by atoms with Crippen molar-refractivity contribution < 1.29 is 34.7 Å². The molecule has 1 aliphatic rings. The molecule has 148 valence electrons. The molecular formula is C19H23ClO7. The van der Waals surface area contributed by atoms with E-state index in [0.717, 1.165) is 0 Å². The first kappa shape index (κ1) is 21.2. The van der Waals surface area contributed by atoms with Crippen LogP contribution in [0.15, 0.2) is 24.3 Å². The minimum Gasteiger partial charge on any atom is -0.507 e. The van der Waals surface area contributed by atoms with Crippen molar-refractivity contribution in [2.75, 3.05) is 7.11 Å². The Balaban J connectivity index is 2.52. The Morgan fingerprint density at radius 1 is 1.22 bits per heavy atom. The van der Waals surface area contributed by atoms with Crippen LogP contribution in [0.5, 0.6) is 11.5 Å². The summed E-state index contributed by atoms with van der Waals surface area (Å²) in [6, 6.07) is 1.22. The molecule has 4 N–H and O–H groups in total. The van der Waals surface area contributed by atoms with Gasteiger partial charge in [-0.3, -0.25) is 0 Å². The van der Waals surface area contributed by atoms with Gasteiger partial charge in [-0.05, 0) is 13.3 Å². The predicted molar refractivity (Wildman–Crippen MR) is 100.0 cm³/mol. The topological polar surface area (TPSA) is 116 Å². The molecule has 0 aromatic heterocycles. The highest BCUT2D eigenvalue weighted by molar-refractivity contribution is 6.34. The third-order valence-corrected chi connectivity index (χ3v) is 4.58. The number of halogens is 1. The molecule has 0 spiro atoms. The third kappa shape index (κ3) is 5.01. The minimum absolute atomic E-state index is 0.0226. The number of phenolic OH excluding ortho intramolecular Hbond substituents is 1. The summed E-state index contributed by atoms with van der Waals surface area (Å²) < 4.78 is 10.4. The van der Waals surface area contributed by atoms with Gasteiger partial charge in [0, 0.05) is 18.1 Å². The fraction of sp³-hybridized carbons (Fsp3) is 0.421. The van der Waals surface area contributed by atoms with Crippen molar-refractivity contribution in [1.29, 1.82) is 0 Å². The van der Waals surface area contributed by atoms with Crippen molar-refractivity contribution in [3.8, 4) is 11.5 Å². The highest BCUT2D eigenvalue weighted by atomic mass is 35.5. The number of ether oxygens (including phenoxy) is 2. The summed E-state index contributed by atoms with van der Waals surface area (Å²) in [6.07, 6.45) is 1.55. The van der Waals surface area contributed by atoms with Crippen molar-refractivity contribution in [3.05, 3.63) is 40.4 Å². The van der Waals surface area contributed by atoms with Crippen LogP contribution in [0.3, 0.4) is 0 Å². The number of fused-ring (bicyclic) bond motifs is 1. The number of carbonyl (C=O) groups is 1. The molecule has 0 saturated heterocycles. The van der Waals surface area contributed by atoms with E-state index in [9.17, 15) is 25.2 Å². The first-order valence-electron chi connectivity index (χ1n) is 8.44. The van der Waals surface area contributed by atoms with E-state index in [1.807, 2.05) is 0 Å². The first-order valence-corrected chi connectivity index (χ1v) is 8.81. The molecule has 1 aromatic rings. The molecule has 4 atom stereocenters. The highest BCUT2D eigenvalue weighted by Crippen LogP contribution is 2.38. The van der Waals surface area contributed by atoms with Gasteiger partial charge < -0.3 is 29.9 Å². The zero-order valence-corrected chi connectivity index (χ0v) is 15.8. The number of carbonyl (C=O) groups excluding carboxylic acids is 1. The smallest absolute Gasteiger partial charge is 0.342 e. The zero-order chi connectivity index (χ0) is 20.1. The Morgan fingerprint density at radius 2 is 1.93 bits per heavy atom. The lowest BCUT2D eigenvalue weighted by Gasteiger charge is -2.21. The van der Waals surface area contributed by atoms with Gasteiger partial charge >= 0.3 is 5.97 Å². The van der Waals surface area contributed by atoms with Gasteiger partial charge in [-0.25, -0.2) is 4.79 Å². The zero-order valence-electron chi connectivity index (χ0n) is 15.0. The molecule has 7 nitrogen and oxygen atoms in total. The number of benzene rings is 1. The maximum absolute atomic E-state index is 12.6. The summed E-state index contributed by atoms with van der Waals surface area (Å²) in [5.41, 5.74) is 0.0422. The maximum Gasteiger partial charge on any atom is 0.342 e. The summed E-state index contributed by atoms with van der Waals surface area (Å²) in [7, 11) is 1.37. The second-order valence-electron chi connectivity index (χ2n) is 6.27. The molecule has 0 bridgehead atoms. The van der Waals surface area contributed by atoms with Crippen LogP contribution >= 0.6 is 11.6 Å². The van der Waals surface area contributed by atoms with Gasteiger partial charge in [-0.1, -0.05) is 35.9 Å². The minimum atomic E-state index is -1.39. The molecular weight excluding hydrogens is 376 g/mol. The molecule has 2 rings (SSSR count). The molecule has 0 fully saturated rings. The Labute approximate surface area is 162 Å². The van der Waals surface area contributed by atoms with Gasteiger partial charge in [0.2, 0.25) is 0 Å². The lowest BCUT2D eigenvalue weighted by molar-refractivity contribution is -0.0394. The number of aliphatic hydroxyl groups is 3. The Kier molecular flexibility index (Phi) is 7.26. The summed E-state index contributed by atoms with van der Waals surface area (Å²) in [5, 5.41) is 40.3. The Morgan fingerprint density at radius 3 is 2.59 bits per heavy atom. The fourth-order valence-corrected chi connectivity index (χ4v) is 2.95. The van der Waals surface area contributed by atoms with Crippen LogP contribution in [0.2, 0.25) is 5.02 Å². The molecule has 1 aliphatic heterocycles. The molecule has 1 unspecified atom stereocenters. The van der Waals surface area contributed by atoms with Crippen LogP contribution in [0, 0.1) is 0 Å². The lowest BCUT2D eigenvalue weighted by atomic mass is 10.0. The average Bonchev–Trinajstić information content (AvgIpc) is 2.62. The largest absolute Gasteiger partial charge is 0.507 e. The van der Waals surface area contributed by atoms with Crippen LogP contribution in [0.25, 0.3) is 6.08 Å². The molecule has 8 heteroatoms. The van der Waals surface area contributed by atoms with E-state index in [-0.39, 0.29) is 40.5 Å². The standard InChI is InChI=1S/C19H23ClO7/c1-10-5-3-7-12(21)18(24)13(22)8-4-6-11-16(19(25)27-10)14(23)9-15(26-2)17(11)20/h3-4,6-7,9-10,12-13,18,21-24H,5,8H2,1-2H3/b6-4+,7-3-/t10-,12?,13-,18+/m0/s1. The van der Waals surface area contributed by atoms with Crippen LogP contribution in [-0.4, -0.2) is 57.9 Å². The van der Waals surface area contributed by atoms with Crippen LogP contribution < -0.4 is 4.74 Å². The van der Waals surface area contributed by atoms with Gasteiger partial charge in [-0.15, -0.1) is 0 Å². The maximum atomic E-state index is 12.6. The number of aromatic hydroxyl groups is 1. The van der Waals surface area contributed by atoms with Crippen LogP contribution in [-0.2, 0) is 4.74 Å².